The molecule has 3 aromatic rings. The summed E-state index contributed by atoms with van der Waals surface area (Å²) < 4.78 is 27.4. The number of hydrogen-bond acceptors (Lipinski definition) is 9. The van der Waals surface area contributed by atoms with E-state index in [2.05, 4.69) is 10.5 Å². The molecule has 11 heteroatoms. The number of nitrogens with two attached hydrogens (primary N) is 2. The summed E-state index contributed by atoms with van der Waals surface area (Å²) >= 11 is 0. The number of unbranched alkanes of at least 4 members (excludes halogenated alkanes) is 1. The van der Waals surface area contributed by atoms with Crippen LogP contribution in [0, 0.1) is 0 Å². The molecule has 1 atom stereocenters. The van der Waals surface area contributed by atoms with E-state index in [-0.39, 0.29) is 18.3 Å². The first kappa shape index (κ1) is 28.8. The van der Waals surface area contributed by atoms with Gasteiger partial charge in [0.2, 0.25) is 11.7 Å². The molecule has 1 amide bonds. The number of ether oxygens (including phenoxy) is 4. The number of carbonyl (C=O) groups is 1. The van der Waals surface area contributed by atoms with Crippen molar-refractivity contribution in [3.63, 3.8) is 0 Å². The fourth-order valence-electron chi connectivity index (χ4n) is 3.70. The van der Waals surface area contributed by atoms with Gasteiger partial charge in [0.05, 0.1) is 46.4 Å². The maximum atomic E-state index is 12.7. The summed E-state index contributed by atoms with van der Waals surface area (Å²) in [6.07, 6.45) is 3.74. The molecule has 0 saturated heterocycles. The van der Waals surface area contributed by atoms with E-state index in [1.165, 1.54) is 14.2 Å². The van der Waals surface area contributed by atoms with Crippen LogP contribution in [0.5, 0.6) is 23.0 Å². The van der Waals surface area contributed by atoms with Gasteiger partial charge in [0.25, 0.3) is 0 Å². The summed E-state index contributed by atoms with van der Waals surface area (Å²) in [5, 5.41) is 6.87. The van der Waals surface area contributed by atoms with Gasteiger partial charge in [0, 0.05) is 11.1 Å². The van der Waals surface area contributed by atoms with Crippen LogP contribution in [0.3, 0.4) is 0 Å². The average Bonchev–Trinajstić information content (AvgIpc) is 3.37. The first-order chi connectivity index (χ1) is 17.0. The van der Waals surface area contributed by atoms with Crippen molar-refractivity contribution in [2.75, 3.05) is 40.3 Å². The molecule has 0 aliphatic rings. The molecule has 0 saturated carbocycles. The second-order valence-corrected chi connectivity index (χ2v) is 7.78. The lowest BCUT2D eigenvalue weighted by Crippen LogP contribution is -2.35. The van der Waals surface area contributed by atoms with Crippen molar-refractivity contribution in [2.24, 2.45) is 11.5 Å². The lowest BCUT2D eigenvalue weighted by molar-refractivity contribution is -0.117. The maximum absolute atomic E-state index is 12.7. The van der Waals surface area contributed by atoms with Crippen LogP contribution in [0.15, 0.2) is 41.1 Å². The number of amides is 1. The normalized spacial score (nSPS) is 11.3. The molecule has 0 aliphatic carbocycles. The molecular formula is C25H33ClN4O6. The Morgan fingerprint density at radius 3 is 2.22 bits per heavy atom. The number of aromatic nitrogens is 1. The standard InChI is InChI=1S/C25H32N4O6.ClH/c1-31-20-9-8-15(11-19(20)29-25(30)18(27)7-5-6-10-26)17-14-28-35-23(17)16-12-21(32-2)24(34-4)22(13-16)33-3;/h8-9,11-14,18H,5-7,10,26-27H2,1-4H3,(H,29,30);1H. The van der Waals surface area contributed by atoms with Crippen molar-refractivity contribution in [1.29, 1.82) is 0 Å². The minimum absolute atomic E-state index is 0. The van der Waals surface area contributed by atoms with Gasteiger partial charge in [-0.25, -0.2) is 0 Å². The lowest BCUT2D eigenvalue weighted by atomic mass is 10.0. The zero-order chi connectivity index (χ0) is 25.4. The van der Waals surface area contributed by atoms with E-state index < -0.39 is 6.04 Å². The molecule has 1 aromatic heterocycles. The molecule has 36 heavy (non-hydrogen) atoms. The number of carbonyl (C=O) groups excluding carboxylic acids is 1. The van der Waals surface area contributed by atoms with Crippen LogP contribution in [-0.2, 0) is 4.79 Å². The largest absolute Gasteiger partial charge is 0.495 e. The van der Waals surface area contributed by atoms with Crippen molar-refractivity contribution in [3.8, 4) is 45.4 Å². The smallest absolute Gasteiger partial charge is 0.241 e. The minimum atomic E-state index is -0.653. The molecule has 0 bridgehead atoms. The number of nitrogens with zero attached hydrogens (tertiary/aromatic N) is 1. The van der Waals surface area contributed by atoms with Crippen LogP contribution in [0.1, 0.15) is 19.3 Å². The molecule has 196 valence electrons. The molecule has 10 nitrogen and oxygen atoms in total. The third kappa shape index (κ3) is 6.39. The van der Waals surface area contributed by atoms with Crippen LogP contribution in [0.25, 0.3) is 22.5 Å². The summed E-state index contributed by atoms with van der Waals surface area (Å²) in [4.78, 5) is 12.7. The van der Waals surface area contributed by atoms with E-state index in [1.807, 2.05) is 6.07 Å². The Balaban J connectivity index is 0.00000456. The Labute approximate surface area is 216 Å². The van der Waals surface area contributed by atoms with Crippen LogP contribution in [0.2, 0.25) is 0 Å². The fraction of sp³-hybridized carbons (Fsp3) is 0.360. The molecule has 5 N–H and O–H groups in total. The Kier molecular flexibility index (Phi) is 10.8. The number of benzene rings is 2. The summed E-state index contributed by atoms with van der Waals surface area (Å²) in [5.41, 5.74) is 14.2. The highest BCUT2D eigenvalue weighted by Crippen LogP contribution is 2.44. The van der Waals surface area contributed by atoms with Crippen LogP contribution in [-0.4, -0.2) is 52.1 Å². The summed E-state index contributed by atoms with van der Waals surface area (Å²) in [6, 6.07) is 8.30. The highest BCUT2D eigenvalue weighted by atomic mass is 35.5. The number of halogens is 1. The summed E-state index contributed by atoms with van der Waals surface area (Å²) in [7, 11) is 6.16. The first-order valence-electron chi connectivity index (χ1n) is 11.2. The summed E-state index contributed by atoms with van der Waals surface area (Å²) in [5.74, 6) is 2.13. The molecule has 0 spiro atoms. The molecule has 0 radical (unpaired) electrons. The zero-order valence-electron chi connectivity index (χ0n) is 20.8. The van der Waals surface area contributed by atoms with Gasteiger partial charge in [-0.15, -0.1) is 12.4 Å². The van der Waals surface area contributed by atoms with Gasteiger partial charge in [-0.1, -0.05) is 17.6 Å². The van der Waals surface area contributed by atoms with Gasteiger partial charge in [-0.2, -0.15) is 0 Å². The lowest BCUT2D eigenvalue weighted by Gasteiger charge is -2.16. The second-order valence-electron chi connectivity index (χ2n) is 7.78. The van der Waals surface area contributed by atoms with Crippen molar-refractivity contribution >= 4 is 24.0 Å². The Bertz CT molecular complexity index is 1130. The molecule has 0 fully saturated rings. The molecule has 0 aliphatic heterocycles. The topological polar surface area (TPSA) is 144 Å². The Hall–Kier alpha value is -3.47. The Morgan fingerprint density at radius 2 is 1.64 bits per heavy atom. The van der Waals surface area contributed by atoms with Crippen molar-refractivity contribution < 1.29 is 28.3 Å². The zero-order valence-corrected chi connectivity index (χ0v) is 21.6. The van der Waals surface area contributed by atoms with Gasteiger partial charge < -0.3 is 40.3 Å². The molecule has 1 heterocycles. The van der Waals surface area contributed by atoms with E-state index in [1.54, 1.807) is 44.7 Å². The third-order valence-electron chi connectivity index (χ3n) is 5.57. The van der Waals surface area contributed by atoms with Crippen LogP contribution < -0.4 is 35.7 Å². The summed E-state index contributed by atoms with van der Waals surface area (Å²) in [6.45, 7) is 0.567. The van der Waals surface area contributed by atoms with Crippen LogP contribution in [0.4, 0.5) is 5.69 Å². The van der Waals surface area contributed by atoms with Gasteiger partial charge in [0.1, 0.15) is 5.75 Å². The third-order valence-corrected chi connectivity index (χ3v) is 5.57. The fourth-order valence-corrected chi connectivity index (χ4v) is 3.70. The SMILES string of the molecule is COc1ccc(-c2cnoc2-c2cc(OC)c(OC)c(OC)c2)cc1NC(=O)C(N)CCCCN.Cl. The first-order valence-corrected chi connectivity index (χ1v) is 11.2. The predicted octanol–water partition coefficient (Wildman–Crippen LogP) is 3.86. The van der Waals surface area contributed by atoms with E-state index in [9.17, 15) is 4.79 Å². The second kappa shape index (κ2) is 13.6. The van der Waals surface area contributed by atoms with E-state index in [0.29, 0.717) is 58.5 Å². The van der Waals surface area contributed by atoms with Gasteiger partial charge in [0.15, 0.2) is 17.3 Å². The van der Waals surface area contributed by atoms with Gasteiger partial charge in [-0.05, 0) is 49.2 Å². The highest BCUT2D eigenvalue weighted by molar-refractivity contribution is 5.97. The number of methoxy groups -OCH3 is 4. The van der Waals surface area contributed by atoms with Crippen LogP contribution >= 0.6 is 12.4 Å². The van der Waals surface area contributed by atoms with Gasteiger partial charge >= 0.3 is 0 Å². The number of anilines is 1. The van der Waals surface area contributed by atoms with Gasteiger partial charge in [-0.3, -0.25) is 4.79 Å². The maximum Gasteiger partial charge on any atom is 0.241 e. The van der Waals surface area contributed by atoms with E-state index in [4.69, 9.17) is 34.9 Å². The highest BCUT2D eigenvalue weighted by Gasteiger charge is 2.21. The molecule has 2 aromatic carbocycles. The average molecular weight is 521 g/mol. The molecule has 3 rings (SSSR count). The minimum Gasteiger partial charge on any atom is -0.495 e. The van der Waals surface area contributed by atoms with Crippen molar-refractivity contribution in [3.05, 3.63) is 36.5 Å². The molecule has 1 unspecified atom stereocenters. The van der Waals surface area contributed by atoms with E-state index >= 15 is 0 Å². The monoisotopic (exact) mass is 520 g/mol. The van der Waals surface area contributed by atoms with E-state index in [0.717, 1.165) is 18.4 Å². The molecular weight excluding hydrogens is 488 g/mol. The number of rotatable bonds is 12. The van der Waals surface area contributed by atoms with Crippen molar-refractivity contribution in [2.45, 2.75) is 25.3 Å². The quantitative estimate of drug-likeness (QED) is 0.303. The Morgan fingerprint density at radius 1 is 0.972 bits per heavy atom. The van der Waals surface area contributed by atoms with Crippen molar-refractivity contribution in [1.82, 2.24) is 5.16 Å². The number of nitrogens with one attached hydrogen (secondary N) is 1. The predicted molar refractivity (Wildman–Crippen MR) is 140 cm³/mol. The number of hydrogen-bond donors (Lipinski definition) is 3.